The number of thiazole rings is 1. The summed E-state index contributed by atoms with van der Waals surface area (Å²) < 4.78 is 12.1. The number of pyridine rings is 1. The van der Waals surface area contributed by atoms with E-state index in [2.05, 4.69) is 23.8 Å². The molecule has 0 saturated carbocycles. The highest BCUT2D eigenvalue weighted by molar-refractivity contribution is 7.19. The molecule has 0 saturated heterocycles. The van der Waals surface area contributed by atoms with Gasteiger partial charge in [-0.2, -0.15) is 0 Å². The highest BCUT2D eigenvalue weighted by Gasteiger charge is 2.14. The summed E-state index contributed by atoms with van der Waals surface area (Å²) in [6.07, 6.45) is 1.16. The lowest BCUT2D eigenvalue weighted by molar-refractivity contribution is 0.220. The third kappa shape index (κ3) is 3.61. The van der Waals surface area contributed by atoms with E-state index in [1.165, 1.54) is 0 Å². The molecule has 0 radical (unpaired) electrons. The Labute approximate surface area is 149 Å². The van der Waals surface area contributed by atoms with Crippen LogP contribution in [0.2, 0.25) is 5.02 Å². The molecule has 0 unspecified atom stereocenters. The molecule has 0 fully saturated rings. The zero-order chi connectivity index (χ0) is 17.3. The molecular formula is C17H18ClN3O2S. The van der Waals surface area contributed by atoms with Gasteiger partial charge in [0, 0.05) is 12.0 Å². The summed E-state index contributed by atoms with van der Waals surface area (Å²) in [5.41, 5.74) is 6.45. The normalized spacial score (nSPS) is 12.6. The van der Waals surface area contributed by atoms with Crippen LogP contribution in [0.1, 0.15) is 31.7 Å². The molecule has 1 atom stereocenters. The molecule has 0 bridgehead atoms. The van der Waals surface area contributed by atoms with E-state index in [-0.39, 0.29) is 0 Å². The third-order valence-corrected chi connectivity index (χ3v) is 5.09. The van der Waals surface area contributed by atoms with E-state index in [1.807, 2.05) is 12.1 Å². The van der Waals surface area contributed by atoms with Gasteiger partial charge in [-0.1, -0.05) is 25.4 Å². The van der Waals surface area contributed by atoms with Crippen molar-refractivity contribution < 1.29 is 9.47 Å². The maximum Gasteiger partial charge on any atom is 0.214 e. The van der Waals surface area contributed by atoms with Gasteiger partial charge in [0.15, 0.2) is 0 Å². The maximum atomic E-state index is 6.49. The first-order valence-electron chi connectivity index (χ1n) is 7.59. The zero-order valence-electron chi connectivity index (χ0n) is 13.6. The lowest BCUT2D eigenvalue weighted by Gasteiger charge is -2.10. The van der Waals surface area contributed by atoms with Crippen molar-refractivity contribution in [3.8, 4) is 17.4 Å². The van der Waals surface area contributed by atoms with Crippen molar-refractivity contribution in [2.45, 2.75) is 32.9 Å². The van der Waals surface area contributed by atoms with Crippen LogP contribution in [0.4, 0.5) is 0 Å². The molecule has 2 heterocycles. The molecule has 126 valence electrons. The van der Waals surface area contributed by atoms with Crippen LogP contribution < -0.4 is 15.2 Å². The van der Waals surface area contributed by atoms with Crippen molar-refractivity contribution in [2.75, 3.05) is 0 Å². The number of aromatic nitrogens is 2. The number of nitrogens with two attached hydrogens (primary N) is 1. The average Bonchev–Trinajstić information content (AvgIpc) is 2.97. The molecule has 24 heavy (non-hydrogen) atoms. The zero-order valence-corrected chi connectivity index (χ0v) is 15.2. The highest BCUT2D eigenvalue weighted by Crippen LogP contribution is 2.39. The molecule has 1 aromatic carbocycles. The molecule has 2 aromatic heterocycles. The van der Waals surface area contributed by atoms with Gasteiger partial charge in [0.2, 0.25) is 5.88 Å². The Morgan fingerprint density at radius 2 is 1.96 bits per heavy atom. The molecule has 0 spiro atoms. The van der Waals surface area contributed by atoms with E-state index >= 15 is 0 Å². The Morgan fingerprint density at radius 1 is 1.17 bits per heavy atom. The van der Waals surface area contributed by atoms with Gasteiger partial charge < -0.3 is 9.47 Å². The second kappa shape index (κ2) is 6.93. The fourth-order valence-electron chi connectivity index (χ4n) is 2.10. The second-order valence-corrected chi connectivity index (χ2v) is 7.10. The summed E-state index contributed by atoms with van der Waals surface area (Å²) in [5.74, 6) is 1.96. The first kappa shape index (κ1) is 17.0. The van der Waals surface area contributed by atoms with Crippen LogP contribution in [0, 0.1) is 0 Å². The molecule has 2 N–H and O–H groups in total. The van der Waals surface area contributed by atoms with Crippen molar-refractivity contribution >= 4 is 33.2 Å². The van der Waals surface area contributed by atoms with Gasteiger partial charge in [0.05, 0.1) is 21.4 Å². The van der Waals surface area contributed by atoms with E-state index in [1.54, 1.807) is 36.6 Å². The Hall–Kier alpha value is -1.89. The van der Waals surface area contributed by atoms with Crippen LogP contribution in [0.25, 0.3) is 10.2 Å². The minimum absolute atomic E-state index is 0.365. The number of hydrogen-bond acceptors (Lipinski definition) is 6. The lowest BCUT2D eigenvalue weighted by Crippen LogP contribution is -2.22. The molecule has 0 aliphatic carbocycles. The Balaban J connectivity index is 1.85. The van der Waals surface area contributed by atoms with Crippen LogP contribution in [0.15, 0.2) is 30.5 Å². The van der Waals surface area contributed by atoms with Crippen molar-refractivity contribution in [2.24, 2.45) is 5.73 Å². The number of benzene rings is 1. The molecule has 3 rings (SSSR count). The summed E-state index contributed by atoms with van der Waals surface area (Å²) >= 11 is 8.09. The van der Waals surface area contributed by atoms with Crippen molar-refractivity contribution in [3.63, 3.8) is 0 Å². The first-order chi connectivity index (χ1) is 11.4. The molecular weight excluding hydrogens is 346 g/mol. The van der Waals surface area contributed by atoms with Gasteiger partial charge in [-0.05, 0) is 25.1 Å². The lowest BCUT2D eigenvalue weighted by atomic mass is 10.2. The van der Waals surface area contributed by atoms with E-state index in [9.17, 15) is 0 Å². The topological polar surface area (TPSA) is 70.3 Å². The molecule has 0 aliphatic heterocycles. The van der Waals surface area contributed by atoms with Crippen LogP contribution in [0.5, 0.6) is 17.4 Å². The Bertz CT molecular complexity index is 847. The van der Waals surface area contributed by atoms with Crippen molar-refractivity contribution in [3.05, 3.63) is 40.5 Å². The smallest absolute Gasteiger partial charge is 0.214 e. The summed E-state index contributed by atoms with van der Waals surface area (Å²) in [5, 5.41) is 1.62. The third-order valence-electron chi connectivity index (χ3n) is 3.22. The Kier molecular flexibility index (Phi) is 4.89. The number of halogens is 1. The van der Waals surface area contributed by atoms with Gasteiger partial charge in [-0.15, -0.1) is 11.3 Å². The number of ether oxygens (including phenoxy) is 2. The largest absolute Gasteiger partial charge is 0.459 e. The van der Waals surface area contributed by atoms with E-state index in [0.717, 1.165) is 15.2 Å². The summed E-state index contributed by atoms with van der Waals surface area (Å²) in [6, 6.07) is 7.20. The van der Waals surface area contributed by atoms with Crippen LogP contribution in [0.3, 0.4) is 0 Å². The summed E-state index contributed by atoms with van der Waals surface area (Å²) in [4.78, 5) is 8.75. The van der Waals surface area contributed by atoms with Gasteiger partial charge in [0.1, 0.15) is 22.7 Å². The van der Waals surface area contributed by atoms with E-state index in [0.29, 0.717) is 28.3 Å². The maximum absolute atomic E-state index is 6.49. The van der Waals surface area contributed by atoms with Gasteiger partial charge >= 0.3 is 0 Å². The van der Waals surface area contributed by atoms with Crippen LogP contribution in [-0.4, -0.2) is 16.2 Å². The molecule has 0 aliphatic rings. The standard InChI is InChI=1S/C17H18ClN3O2S/c1-9(2)17-21-12-5-6-13(15(18)16(12)24-17)23-11-4-7-14(20-8-11)22-10(3)19/h4-10H,19H2,1-3H3/t10-/m0/s1. The highest BCUT2D eigenvalue weighted by atomic mass is 35.5. The molecule has 5 nitrogen and oxygen atoms in total. The van der Waals surface area contributed by atoms with Crippen LogP contribution >= 0.6 is 22.9 Å². The monoisotopic (exact) mass is 363 g/mol. The second-order valence-electron chi connectivity index (χ2n) is 5.69. The molecule has 0 amide bonds. The SMILES string of the molecule is CC(C)c1nc2ccc(Oc3ccc(O[C@@H](C)N)nc3)c(Cl)c2s1. The predicted octanol–water partition coefficient (Wildman–Crippen LogP) is 4.94. The Morgan fingerprint density at radius 3 is 2.58 bits per heavy atom. The van der Waals surface area contributed by atoms with Crippen LogP contribution in [-0.2, 0) is 0 Å². The number of nitrogens with zero attached hydrogens (tertiary/aromatic N) is 2. The fraction of sp³-hybridized carbons (Fsp3) is 0.294. The summed E-state index contributed by atoms with van der Waals surface area (Å²) in [7, 11) is 0. The number of rotatable bonds is 5. The molecule has 3 aromatic rings. The van der Waals surface area contributed by atoms with E-state index < -0.39 is 6.23 Å². The number of hydrogen-bond donors (Lipinski definition) is 1. The fourth-order valence-corrected chi connectivity index (χ4v) is 3.41. The van der Waals surface area contributed by atoms with E-state index in [4.69, 9.17) is 26.8 Å². The quantitative estimate of drug-likeness (QED) is 0.650. The first-order valence-corrected chi connectivity index (χ1v) is 8.78. The minimum atomic E-state index is -0.414. The van der Waals surface area contributed by atoms with Crippen molar-refractivity contribution in [1.82, 2.24) is 9.97 Å². The van der Waals surface area contributed by atoms with Gasteiger partial charge in [0.25, 0.3) is 0 Å². The number of fused-ring (bicyclic) bond motifs is 1. The van der Waals surface area contributed by atoms with Crippen molar-refractivity contribution in [1.29, 1.82) is 0 Å². The predicted molar refractivity (Wildman–Crippen MR) is 97.3 cm³/mol. The van der Waals surface area contributed by atoms with Gasteiger partial charge in [-0.25, -0.2) is 9.97 Å². The van der Waals surface area contributed by atoms with Gasteiger partial charge in [-0.3, -0.25) is 5.73 Å². The minimum Gasteiger partial charge on any atom is -0.459 e. The summed E-state index contributed by atoms with van der Waals surface area (Å²) in [6.45, 7) is 5.96. The average molecular weight is 364 g/mol. The molecule has 7 heteroatoms.